The Hall–Kier alpha value is -2.90. The van der Waals surface area contributed by atoms with Gasteiger partial charge in [0.25, 0.3) is 5.56 Å². The van der Waals surface area contributed by atoms with Crippen molar-refractivity contribution in [2.75, 3.05) is 12.8 Å². The molecule has 0 aliphatic rings. The van der Waals surface area contributed by atoms with E-state index in [0.29, 0.717) is 0 Å². The van der Waals surface area contributed by atoms with Crippen LogP contribution < -0.4 is 21.7 Å². The summed E-state index contributed by atoms with van der Waals surface area (Å²) in [6.07, 6.45) is 0. The van der Waals surface area contributed by atoms with Gasteiger partial charge in [-0.05, 0) is 17.7 Å². The topological polar surface area (TPSA) is 126 Å². The molecule has 8 nitrogen and oxygen atoms in total. The average Bonchev–Trinajstić information content (AvgIpc) is 2.42. The molecule has 2 rings (SSSR count). The lowest BCUT2D eigenvalue weighted by atomic mass is 10.2. The van der Waals surface area contributed by atoms with Crippen LogP contribution in [0.1, 0.15) is 5.56 Å². The molecule has 1 aromatic heterocycles. The molecule has 8 heteroatoms. The molecule has 0 saturated carbocycles. The molecule has 0 unspecified atom stereocenters. The number of aromatic amines is 2. The summed E-state index contributed by atoms with van der Waals surface area (Å²) in [5.41, 5.74) is 4.92. The van der Waals surface area contributed by atoms with Gasteiger partial charge in [-0.1, -0.05) is 12.1 Å². The number of azo groups is 1. The average molecular weight is 275 g/mol. The fourth-order valence-electron chi connectivity index (χ4n) is 1.52. The number of nitrogens with zero attached hydrogens (tertiary/aromatic N) is 2. The molecule has 1 aromatic carbocycles. The van der Waals surface area contributed by atoms with Crippen LogP contribution in [0.15, 0.2) is 44.1 Å². The zero-order valence-corrected chi connectivity index (χ0v) is 10.7. The van der Waals surface area contributed by atoms with Crippen molar-refractivity contribution in [3.8, 4) is 5.75 Å². The molecule has 4 N–H and O–H groups in total. The Kier molecular flexibility index (Phi) is 3.94. The van der Waals surface area contributed by atoms with Gasteiger partial charge in [0.15, 0.2) is 5.69 Å². The van der Waals surface area contributed by atoms with Crippen molar-refractivity contribution in [3.63, 3.8) is 0 Å². The Morgan fingerprint density at radius 1 is 1.20 bits per heavy atom. The Morgan fingerprint density at radius 2 is 1.90 bits per heavy atom. The molecule has 0 bridgehead atoms. The van der Waals surface area contributed by atoms with Crippen LogP contribution in [0.2, 0.25) is 0 Å². The van der Waals surface area contributed by atoms with Gasteiger partial charge in [0.05, 0.1) is 13.7 Å². The smallest absolute Gasteiger partial charge is 0.327 e. The highest BCUT2D eigenvalue weighted by Crippen LogP contribution is 2.14. The van der Waals surface area contributed by atoms with Crippen LogP contribution in [0.3, 0.4) is 0 Å². The maximum atomic E-state index is 11.5. The minimum Gasteiger partial charge on any atom is -0.497 e. The number of rotatable bonds is 4. The lowest BCUT2D eigenvalue weighted by Crippen LogP contribution is -2.23. The largest absolute Gasteiger partial charge is 0.497 e. The van der Waals surface area contributed by atoms with E-state index in [1.807, 2.05) is 17.1 Å². The van der Waals surface area contributed by atoms with Gasteiger partial charge in [0.1, 0.15) is 11.6 Å². The summed E-state index contributed by atoms with van der Waals surface area (Å²) in [7, 11) is 1.58. The van der Waals surface area contributed by atoms with E-state index >= 15 is 0 Å². The molecule has 0 radical (unpaired) electrons. The van der Waals surface area contributed by atoms with Gasteiger partial charge >= 0.3 is 5.69 Å². The lowest BCUT2D eigenvalue weighted by Gasteiger charge is -2.00. The van der Waals surface area contributed by atoms with Crippen molar-refractivity contribution in [3.05, 3.63) is 50.7 Å². The van der Waals surface area contributed by atoms with Crippen LogP contribution in [0.25, 0.3) is 0 Å². The zero-order valence-electron chi connectivity index (χ0n) is 10.7. The number of benzene rings is 1. The zero-order chi connectivity index (χ0) is 14.5. The normalized spacial score (nSPS) is 10.8. The molecule has 0 fully saturated rings. The molecule has 20 heavy (non-hydrogen) atoms. The number of nitrogens with two attached hydrogens (primary N) is 1. The maximum absolute atomic E-state index is 11.5. The van der Waals surface area contributed by atoms with Crippen LogP contribution in [-0.2, 0) is 6.54 Å². The Labute approximate surface area is 113 Å². The molecule has 2 aromatic rings. The number of hydrogen-bond donors (Lipinski definition) is 3. The van der Waals surface area contributed by atoms with Crippen LogP contribution in [0, 0.1) is 0 Å². The summed E-state index contributed by atoms with van der Waals surface area (Å²) in [5, 5.41) is 7.62. The van der Waals surface area contributed by atoms with Crippen LogP contribution in [0.4, 0.5) is 11.5 Å². The van der Waals surface area contributed by atoms with Gasteiger partial charge in [0.2, 0.25) is 0 Å². The second-order valence-corrected chi connectivity index (χ2v) is 3.92. The molecule has 0 aliphatic carbocycles. The first-order valence-corrected chi connectivity index (χ1v) is 5.72. The second-order valence-electron chi connectivity index (χ2n) is 3.92. The van der Waals surface area contributed by atoms with E-state index in [1.165, 1.54) is 0 Å². The summed E-state index contributed by atoms with van der Waals surface area (Å²) in [6, 6.07) is 7.26. The molecule has 0 aliphatic heterocycles. The lowest BCUT2D eigenvalue weighted by molar-refractivity contribution is 0.414. The standard InChI is InChI=1S/C12H13N5O3/c1-20-8-4-2-7(3-5-8)6-14-17-9-10(13)15-12(19)16-11(9)18/h2-5H,6H2,1H3,(H4,13,15,16,18,19). The van der Waals surface area contributed by atoms with E-state index in [1.54, 1.807) is 19.2 Å². The molecule has 1 heterocycles. The quantitative estimate of drug-likeness (QED) is 0.717. The number of nitrogen functional groups attached to an aromatic ring is 1. The SMILES string of the molecule is COc1ccc(CN=Nc2c(N)[nH]c(=O)[nH]c2=O)cc1. The third-order valence-electron chi connectivity index (χ3n) is 2.53. The van der Waals surface area contributed by atoms with Gasteiger partial charge in [-0.3, -0.25) is 14.8 Å². The second kappa shape index (κ2) is 5.83. The van der Waals surface area contributed by atoms with Crippen LogP contribution in [0.5, 0.6) is 5.75 Å². The van der Waals surface area contributed by atoms with Gasteiger partial charge in [-0.2, -0.15) is 5.11 Å². The first-order valence-electron chi connectivity index (χ1n) is 5.72. The molecular weight excluding hydrogens is 262 g/mol. The summed E-state index contributed by atoms with van der Waals surface area (Å²) in [4.78, 5) is 26.7. The Morgan fingerprint density at radius 3 is 2.50 bits per heavy atom. The van der Waals surface area contributed by atoms with Crippen LogP contribution in [-0.4, -0.2) is 17.1 Å². The van der Waals surface area contributed by atoms with E-state index in [2.05, 4.69) is 15.2 Å². The molecule has 0 amide bonds. The van der Waals surface area contributed by atoms with Crippen molar-refractivity contribution in [1.82, 2.24) is 9.97 Å². The van der Waals surface area contributed by atoms with Gasteiger partial charge in [0, 0.05) is 0 Å². The molecule has 0 saturated heterocycles. The molecule has 0 atom stereocenters. The minimum atomic E-state index is -0.679. The monoisotopic (exact) mass is 275 g/mol. The maximum Gasteiger partial charge on any atom is 0.327 e. The Bertz CT molecular complexity index is 730. The van der Waals surface area contributed by atoms with E-state index in [0.717, 1.165) is 11.3 Å². The Balaban J connectivity index is 2.14. The molecular formula is C12H13N5O3. The molecule has 0 spiro atoms. The predicted molar refractivity (Wildman–Crippen MR) is 73.3 cm³/mol. The summed E-state index contributed by atoms with van der Waals surface area (Å²) >= 11 is 0. The van der Waals surface area contributed by atoms with Crippen molar-refractivity contribution in [2.45, 2.75) is 6.54 Å². The minimum absolute atomic E-state index is 0.113. The summed E-state index contributed by atoms with van der Waals surface area (Å²) in [6.45, 7) is 0.280. The number of anilines is 1. The number of ether oxygens (including phenoxy) is 1. The van der Waals surface area contributed by atoms with E-state index < -0.39 is 11.2 Å². The highest BCUT2D eigenvalue weighted by atomic mass is 16.5. The van der Waals surface area contributed by atoms with E-state index in [4.69, 9.17) is 10.5 Å². The van der Waals surface area contributed by atoms with Crippen molar-refractivity contribution in [1.29, 1.82) is 0 Å². The summed E-state index contributed by atoms with van der Waals surface area (Å²) in [5.74, 6) is 0.629. The van der Waals surface area contributed by atoms with E-state index in [9.17, 15) is 9.59 Å². The molecule has 104 valence electrons. The van der Waals surface area contributed by atoms with Crippen LogP contribution >= 0.6 is 0 Å². The van der Waals surface area contributed by atoms with E-state index in [-0.39, 0.29) is 18.1 Å². The number of methoxy groups -OCH3 is 1. The first-order chi connectivity index (χ1) is 9.60. The van der Waals surface area contributed by atoms with Crippen molar-refractivity contribution in [2.24, 2.45) is 10.2 Å². The third-order valence-corrected chi connectivity index (χ3v) is 2.53. The third kappa shape index (κ3) is 3.10. The summed E-state index contributed by atoms with van der Waals surface area (Å²) < 4.78 is 5.04. The van der Waals surface area contributed by atoms with Crippen molar-refractivity contribution < 1.29 is 4.74 Å². The fourth-order valence-corrected chi connectivity index (χ4v) is 1.52. The fraction of sp³-hybridized carbons (Fsp3) is 0.167. The number of nitrogens with one attached hydrogen (secondary N) is 2. The van der Waals surface area contributed by atoms with Gasteiger partial charge in [-0.15, -0.1) is 5.11 Å². The highest BCUT2D eigenvalue weighted by molar-refractivity contribution is 5.54. The number of hydrogen-bond acceptors (Lipinski definition) is 6. The number of aromatic nitrogens is 2. The first kappa shape index (κ1) is 13.5. The van der Waals surface area contributed by atoms with Gasteiger partial charge in [-0.25, -0.2) is 4.79 Å². The number of H-pyrrole nitrogens is 2. The van der Waals surface area contributed by atoms with Gasteiger partial charge < -0.3 is 10.5 Å². The predicted octanol–water partition coefficient (Wildman–Crippen LogP) is 0.938. The highest BCUT2D eigenvalue weighted by Gasteiger charge is 2.04. The van der Waals surface area contributed by atoms with Crippen molar-refractivity contribution >= 4 is 11.5 Å².